The maximum atomic E-state index is 12.6. The van der Waals surface area contributed by atoms with Crippen molar-refractivity contribution in [2.24, 2.45) is 5.92 Å². The minimum absolute atomic E-state index is 0.143. The van der Waals surface area contributed by atoms with Crippen LogP contribution >= 0.6 is 11.6 Å². The van der Waals surface area contributed by atoms with Crippen LogP contribution in [0.3, 0.4) is 0 Å². The van der Waals surface area contributed by atoms with Crippen LogP contribution in [0.4, 0.5) is 5.95 Å². The van der Waals surface area contributed by atoms with Gasteiger partial charge in [0.15, 0.2) is 5.78 Å². The number of hydrogen-bond donors (Lipinski definition) is 2. The molecule has 1 amide bonds. The predicted octanol–water partition coefficient (Wildman–Crippen LogP) is 0.835. The highest BCUT2D eigenvalue weighted by Gasteiger charge is 2.53. The molecule has 0 spiro atoms. The molecular weight excluding hydrogens is 318 g/mol. The van der Waals surface area contributed by atoms with E-state index in [0.717, 1.165) is 24.2 Å². The van der Waals surface area contributed by atoms with E-state index in [1.54, 1.807) is 0 Å². The summed E-state index contributed by atoms with van der Waals surface area (Å²) >= 11 is 6.25. The van der Waals surface area contributed by atoms with Gasteiger partial charge in [-0.05, 0) is 26.3 Å². The number of halogens is 1. The molecule has 0 saturated carbocycles. The number of nitrogens with zero attached hydrogens (tertiary/aromatic N) is 3. The summed E-state index contributed by atoms with van der Waals surface area (Å²) in [6.45, 7) is 5.70. The summed E-state index contributed by atoms with van der Waals surface area (Å²) in [6.07, 6.45) is 1.22. The molecule has 124 valence electrons. The topological polar surface area (TPSA) is 87.2 Å². The van der Waals surface area contributed by atoms with E-state index in [-0.39, 0.29) is 23.7 Å². The molecule has 2 saturated heterocycles. The quantitative estimate of drug-likeness (QED) is 0.627. The zero-order chi connectivity index (χ0) is 16.7. The smallest absolute Gasteiger partial charge is 0.257 e. The first-order valence-electron chi connectivity index (χ1n) is 7.78. The largest absolute Gasteiger partial charge is 0.297 e. The minimum atomic E-state index is -0.838. The number of ketones is 1. The number of alkyl halides is 1. The van der Waals surface area contributed by atoms with E-state index in [2.05, 4.69) is 20.7 Å². The Morgan fingerprint density at radius 3 is 2.52 bits per heavy atom. The van der Waals surface area contributed by atoms with Gasteiger partial charge in [-0.3, -0.25) is 14.9 Å². The van der Waals surface area contributed by atoms with Gasteiger partial charge in [0.05, 0.1) is 6.17 Å². The van der Waals surface area contributed by atoms with Crippen LogP contribution in [0.5, 0.6) is 0 Å². The lowest BCUT2D eigenvalue weighted by Gasteiger charge is -2.33. The lowest BCUT2D eigenvalue weighted by molar-refractivity contribution is -0.133. The Bertz CT molecular complexity index is 633. The summed E-state index contributed by atoms with van der Waals surface area (Å²) in [6, 6.07) is 1.68. The van der Waals surface area contributed by atoms with Gasteiger partial charge in [-0.2, -0.15) is 0 Å². The summed E-state index contributed by atoms with van der Waals surface area (Å²) < 4.78 is 0. The van der Waals surface area contributed by atoms with Gasteiger partial charge < -0.3 is 0 Å². The Morgan fingerprint density at radius 2 is 1.91 bits per heavy atom. The highest BCUT2D eigenvalue weighted by atomic mass is 35.5. The molecule has 1 aromatic heterocycles. The molecule has 23 heavy (non-hydrogen) atoms. The first-order chi connectivity index (χ1) is 10.9. The summed E-state index contributed by atoms with van der Waals surface area (Å²) in [7, 11) is 0. The molecule has 2 fully saturated rings. The first kappa shape index (κ1) is 16.3. The van der Waals surface area contributed by atoms with Crippen LogP contribution in [0, 0.1) is 19.8 Å². The minimum Gasteiger partial charge on any atom is -0.297 e. The molecule has 0 aliphatic carbocycles. The van der Waals surface area contributed by atoms with Crippen LogP contribution in [-0.2, 0) is 9.59 Å². The van der Waals surface area contributed by atoms with Gasteiger partial charge in [0.1, 0.15) is 11.3 Å². The normalized spacial score (nSPS) is 30.7. The van der Waals surface area contributed by atoms with Gasteiger partial charge in [0, 0.05) is 17.4 Å². The number of Topliss-reactive ketones (excluding diaryl/α,β-unsaturated/α-hetero) is 1. The molecule has 3 heterocycles. The maximum absolute atomic E-state index is 12.6. The van der Waals surface area contributed by atoms with E-state index < -0.39 is 17.5 Å². The Hall–Kier alpha value is -1.57. The number of piperidine rings is 1. The van der Waals surface area contributed by atoms with Gasteiger partial charge in [0.25, 0.3) is 5.91 Å². The average molecular weight is 338 g/mol. The second kappa shape index (κ2) is 6.14. The van der Waals surface area contributed by atoms with E-state index in [1.807, 2.05) is 26.8 Å². The fourth-order valence-electron chi connectivity index (χ4n) is 3.17. The number of hydrazine groups is 1. The number of aromatic nitrogens is 2. The van der Waals surface area contributed by atoms with Crippen molar-refractivity contribution >= 4 is 29.2 Å². The molecule has 0 aromatic carbocycles. The van der Waals surface area contributed by atoms with Crippen LogP contribution in [0.25, 0.3) is 0 Å². The van der Waals surface area contributed by atoms with Gasteiger partial charge in [-0.25, -0.2) is 20.4 Å². The van der Waals surface area contributed by atoms with Crippen molar-refractivity contribution in [2.75, 3.05) is 5.01 Å². The highest BCUT2D eigenvalue weighted by molar-refractivity contribution is 6.34. The number of hydrogen-bond acceptors (Lipinski definition) is 6. The third kappa shape index (κ3) is 2.84. The maximum Gasteiger partial charge on any atom is 0.257 e. The lowest BCUT2D eigenvalue weighted by atomic mass is 9.88. The van der Waals surface area contributed by atoms with Crippen LogP contribution in [0.1, 0.15) is 31.2 Å². The number of fused-ring (bicyclic) bond motifs is 1. The average Bonchev–Trinajstić information content (AvgIpc) is 2.80. The van der Waals surface area contributed by atoms with Crippen molar-refractivity contribution in [3.05, 3.63) is 17.5 Å². The van der Waals surface area contributed by atoms with Crippen molar-refractivity contribution in [1.29, 1.82) is 0 Å². The number of carbonyl (C=O) groups is 2. The third-order valence-corrected chi connectivity index (χ3v) is 4.70. The fourth-order valence-corrected chi connectivity index (χ4v) is 3.50. The van der Waals surface area contributed by atoms with Crippen LogP contribution in [0.15, 0.2) is 6.07 Å². The molecule has 2 aliphatic heterocycles. The Kier molecular flexibility index (Phi) is 4.35. The van der Waals surface area contributed by atoms with Crippen molar-refractivity contribution < 1.29 is 9.59 Å². The number of rotatable bonds is 3. The monoisotopic (exact) mass is 337 g/mol. The molecule has 2 N–H and O–H groups in total. The second-order valence-corrected chi connectivity index (χ2v) is 6.54. The first-order valence-corrected chi connectivity index (χ1v) is 8.22. The van der Waals surface area contributed by atoms with Crippen LogP contribution in [-0.4, -0.2) is 39.2 Å². The Morgan fingerprint density at radius 1 is 1.26 bits per heavy atom. The number of amides is 1. The van der Waals surface area contributed by atoms with E-state index in [0.29, 0.717) is 0 Å². The van der Waals surface area contributed by atoms with E-state index in [4.69, 9.17) is 11.6 Å². The molecule has 4 atom stereocenters. The number of nitrogens with one attached hydrogen (secondary N) is 2. The summed E-state index contributed by atoms with van der Waals surface area (Å²) in [5.74, 6) is -1.18. The molecule has 8 heteroatoms. The van der Waals surface area contributed by atoms with E-state index in [1.165, 1.54) is 5.01 Å². The van der Waals surface area contributed by atoms with Gasteiger partial charge >= 0.3 is 0 Å². The molecule has 0 bridgehead atoms. The zero-order valence-corrected chi connectivity index (χ0v) is 14.1. The highest BCUT2D eigenvalue weighted by Crippen LogP contribution is 2.29. The standard InChI is InChI=1S/C15H20ClN5O2/c1-4-5-9-11(16)12(22)10-13(19-9)20-21(14(10)23)15-17-7(2)6-8(3)18-15/h6,9-11,13,19-20H,4-5H2,1-3H3. The fraction of sp³-hybridized carbons (Fsp3) is 0.600. The van der Waals surface area contributed by atoms with E-state index >= 15 is 0 Å². The molecule has 1 aromatic rings. The molecule has 3 rings (SSSR count). The number of carbonyl (C=O) groups excluding carboxylic acids is 2. The summed E-state index contributed by atoms with van der Waals surface area (Å²) in [4.78, 5) is 33.7. The molecular formula is C15H20ClN5O2. The van der Waals surface area contributed by atoms with Crippen LogP contribution in [0.2, 0.25) is 0 Å². The molecule has 0 radical (unpaired) electrons. The van der Waals surface area contributed by atoms with Gasteiger partial charge in [-0.15, -0.1) is 11.6 Å². The van der Waals surface area contributed by atoms with Crippen molar-refractivity contribution in [1.82, 2.24) is 20.7 Å². The lowest BCUT2D eigenvalue weighted by Crippen LogP contribution is -2.61. The molecule has 2 aliphatic rings. The van der Waals surface area contributed by atoms with Gasteiger partial charge in [-0.1, -0.05) is 13.3 Å². The molecule has 4 unspecified atom stereocenters. The number of aryl methyl sites for hydroxylation is 2. The van der Waals surface area contributed by atoms with Crippen LogP contribution < -0.4 is 15.8 Å². The summed E-state index contributed by atoms with van der Waals surface area (Å²) in [5.41, 5.74) is 4.54. The predicted molar refractivity (Wildman–Crippen MR) is 85.9 cm³/mol. The Balaban J connectivity index is 1.88. The van der Waals surface area contributed by atoms with E-state index in [9.17, 15) is 9.59 Å². The van der Waals surface area contributed by atoms with Crippen molar-refractivity contribution in [2.45, 2.75) is 51.2 Å². The summed E-state index contributed by atoms with van der Waals surface area (Å²) in [5, 5.41) is 3.84. The number of anilines is 1. The second-order valence-electron chi connectivity index (χ2n) is 6.07. The van der Waals surface area contributed by atoms with Gasteiger partial charge in [0.2, 0.25) is 5.95 Å². The molecule has 7 nitrogen and oxygen atoms in total. The SMILES string of the molecule is CCCC1NC2NN(c3nc(C)cc(C)n3)C(=O)C2C(=O)C1Cl. The van der Waals surface area contributed by atoms with Crippen molar-refractivity contribution in [3.63, 3.8) is 0 Å². The zero-order valence-electron chi connectivity index (χ0n) is 13.3. The third-order valence-electron chi connectivity index (χ3n) is 4.18. The Labute approximate surface area is 139 Å². The van der Waals surface area contributed by atoms with Crippen molar-refractivity contribution in [3.8, 4) is 0 Å².